The van der Waals surface area contributed by atoms with Crippen LogP contribution < -0.4 is 5.56 Å². The Morgan fingerprint density at radius 3 is 2.56 bits per heavy atom. The lowest BCUT2D eigenvalue weighted by Crippen LogP contribution is -2.46. The number of carbonyl (C=O) groups is 2. The third-order valence-corrected chi connectivity index (χ3v) is 5.70. The summed E-state index contributed by atoms with van der Waals surface area (Å²) in [5, 5.41) is 0.757. The molecule has 0 spiro atoms. The number of H-pyrrole nitrogens is 1. The van der Waals surface area contributed by atoms with Crippen LogP contribution in [0.5, 0.6) is 0 Å². The Morgan fingerprint density at radius 1 is 1.04 bits per heavy atom. The molecule has 0 bridgehead atoms. The van der Waals surface area contributed by atoms with Gasteiger partial charge in [-0.05, 0) is 44.7 Å². The van der Waals surface area contributed by atoms with Gasteiger partial charge in [-0.15, -0.1) is 0 Å². The normalized spacial score (nSPS) is 20.3. The molecule has 6 nitrogen and oxygen atoms in total. The molecule has 1 aromatic heterocycles. The SMILES string of the molecule is Cc1ccc2[nH]c(=O)cc(C(=O)N3CCC[C@@H](C(=O)N4CCCC4)C3)c2c1. The molecule has 1 N–H and O–H groups in total. The number of likely N-dealkylation sites (tertiary alicyclic amines) is 2. The van der Waals surface area contributed by atoms with E-state index in [-0.39, 0.29) is 23.3 Å². The molecule has 3 heterocycles. The Morgan fingerprint density at radius 2 is 1.78 bits per heavy atom. The Labute approximate surface area is 158 Å². The fraction of sp³-hybridized carbons (Fsp3) is 0.476. The zero-order valence-electron chi connectivity index (χ0n) is 15.7. The van der Waals surface area contributed by atoms with E-state index in [1.54, 1.807) is 4.90 Å². The van der Waals surface area contributed by atoms with Crippen LogP contribution in [0.4, 0.5) is 0 Å². The van der Waals surface area contributed by atoms with Gasteiger partial charge in [0.25, 0.3) is 5.91 Å². The molecule has 0 aliphatic carbocycles. The molecule has 2 aliphatic rings. The van der Waals surface area contributed by atoms with Crippen LogP contribution in [0, 0.1) is 12.8 Å². The van der Waals surface area contributed by atoms with Crippen molar-refractivity contribution in [3.05, 3.63) is 45.7 Å². The number of aromatic nitrogens is 1. The van der Waals surface area contributed by atoms with E-state index in [1.807, 2.05) is 30.0 Å². The third kappa shape index (κ3) is 3.48. The number of piperidine rings is 1. The van der Waals surface area contributed by atoms with E-state index in [0.717, 1.165) is 49.7 Å². The van der Waals surface area contributed by atoms with Crippen molar-refractivity contribution in [1.82, 2.24) is 14.8 Å². The number of nitrogens with one attached hydrogen (secondary N) is 1. The smallest absolute Gasteiger partial charge is 0.254 e. The third-order valence-electron chi connectivity index (χ3n) is 5.70. The lowest BCUT2D eigenvalue weighted by molar-refractivity contribution is -0.135. The summed E-state index contributed by atoms with van der Waals surface area (Å²) in [7, 11) is 0. The molecular weight excluding hydrogens is 342 g/mol. The van der Waals surface area contributed by atoms with Crippen molar-refractivity contribution in [3.8, 4) is 0 Å². The van der Waals surface area contributed by atoms with Gasteiger partial charge in [-0.2, -0.15) is 0 Å². The average Bonchev–Trinajstić information content (AvgIpc) is 3.21. The van der Waals surface area contributed by atoms with E-state index in [4.69, 9.17) is 0 Å². The van der Waals surface area contributed by atoms with Gasteiger partial charge in [-0.1, -0.05) is 11.6 Å². The first-order valence-electron chi connectivity index (χ1n) is 9.75. The second-order valence-corrected chi connectivity index (χ2v) is 7.72. The molecule has 4 rings (SSSR count). The second kappa shape index (κ2) is 7.18. The summed E-state index contributed by atoms with van der Waals surface area (Å²) in [6.45, 7) is 4.70. The summed E-state index contributed by atoms with van der Waals surface area (Å²) in [5.74, 6) is -0.108. The highest BCUT2D eigenvalue weighted by molar-refractivity contribution is 6.06. The summed E-state index contributed by atoms with van der Waals surface area (Å²) in [4.78, 5) is 44.5. The van der Waals surface area contributed by atoms with Crippen LogP contribution in [0.25, 0.3) is 10.9 Å². The van der Waals surface area contributed by atoms with E-state index in [0.29, 0.717) is 24.2 Å². The van der Waals surface area contributed by atoms with Gasteiger partial charge in [-0.3, -0.25) is 14.4 Å². The van der Waals surface area contributed by atoms with Crippen LogP contribution in [-0.4, -0.2) is 52.8 Å². The van der Waals surface area contributed by atoms with Gasteiger partial charge in [-0.25, -0.2) is 0 Å². The largest absolute Gasteiger partial charge is 0.342 e. The predicted octanol–water partition coefficient (Wildman–Crippen LogP) is 2.31. The molecule has 1 aromatic carbocycles. The zero-order chi connectivity index (χ0) is 19.0. The summed E-state index contributed by atoms with van der Waals surface area (Å²) in [6.07, 6.45) is 3.78. The highest BCUT2D eigenvalue weighted by Gasteiger charge is 2.33. The summed E-state index contributed by atoms with van der Waals surface area (Å²) in [5.41, 5.74) is 1.84. The topological polar surface area (TPSA) is 73.5 Å². The minimum atomic E-state index is -0.281. The number of benzene rings is 1. The Bertz CT molecular complexity index is 943. The van der Waals surface area contributed by atoms with E-state index in [1.165, 1.54) is 6.07 Å². The Balaban J connectivity index is 1.61. The molecule has 2 fully saturated rings. The summed E-state index contributed by atoms with van der Waals surface area (Å²) < 4.78 is 0. The van der Waals surface area contributed by atoms with Gasteiger partial charge in [0.1, 0.15) is 0 Å². The molecule has 0 unspecified atom stereocenters. The fourth-order valence-electron chi connectivity index (χ4n) is 4.27. The maximum atomic E-state index is 13.2. The number of hydrogen-bond donors (Lipinski definition) is 1. The molecule has 6 heteroatoms. The zero-order valence-corrected chi connectivity index (χ0v) is 15.7. The van der Waals surface area contributed by atoms with Crippen molar-refractivity contribution < 1.29 is 9.59 Å². The maximum Gasteiger partial charge on any atom is 0.254 e. The van der Waals surface area contributed by atoms with Gasteiger partial charge >= 0.3 is 0 Å². The molecule has 0 saturated carbocycles. The number of pyridine rings is 1. The van der Waals surface area contributed by atoms with Gasteiger partial charge < -0.3 is 14.8 Å². The molecule has 2 aliphatic heterocycles. The van der Waals surface area contributed by atoms with E-state index in [9.17, 15) is 14.4 Å². The minimum absolute atomic E-state index is 0.129. The molecule has 1 atom stereocenters. The van der Waals surface area contributed by atoms with Crippen molar-refractivity contribution >= 4 is 22.7 Å². The molecule has 2 amide bonds. The first-order valence-corrected chi connectivity index (χ1v) is 9.75. The first-order chi connectivity index (χ1) is 13.0. The average molecular weight is 367 g/mol. The van der Waals surface area contributed by atoms with Crippen LogP contribution in [0.1, 0.15) is 41.6 Å². The number of rotatable bonds is 2. The standard InChI is InChI=1S/C21H25N3O3/c1-14-6-7-18-16(11-14)17(12-19(25)22-18)21(27)24-10-4-5-15(13-24)20(26)23-8-2-3-9-23/h6-7,11-12,15H,2-5,8-10,13H2,1H3,(H,22,25)/t15-/m1/s1. The molecule has 2 aromatic rings. The van der Waals surface area contributed by atoms with Crippen LogP contribution >= 0.6 is 0 Å². The lowest BCUT2D eigenvalue weighted by Gasteiger charge is -2.34. The number of amides is 2. The van der Waals surface area contributed by atoms with Crippen molar-refractivity contribution in [2.24, 2.45) is 5.92 Å². The molecule has 27 heavy (non-hydrogen) atoms. The van der Waals surface area contributed by atoms with Crippen molar-refractivity contribution in [1.29, 1.82) is 0 Å². The second-order valence-electron chi connectivity index (χ2n) is 7.72. The number of carbonyl (C=O) groups excluding carboxylic acids is 2. The van der Waals surface area contributed by atoms with Crippen LogP contribution in [0.3, 0.4) is 0 Å². The first kappa shape index (κ1) is 17.8. The fourth-order valence-corrected chi connectivity index (χ4v) is 4.27. The number of fused-ring (bicyclic) bond motifs is 1. The molecule has 0 radical (unpaired) electrons. The quantitative estimate of drug-likeness (QED) is 0.885. The maximum absolute atomic E-state index is 13.2. The molecule has 142 valence electrons. The van der Waals surface area contributed by atoms with Gasteiger partial charge in [0, 0.05) is 43.1 Å². The molecule has 2 saturated heterocycles. The van der Waals surface area contributed by atoms with E-state index < -0.39 is 0 Å². The van der Waals surface area contributed by atoms with Crippen molar-refractivity contribution in [2.75, 3.05) is 26.2 Å². The van der Waals surface area contributed by atoms with Crippen molar-refractivity contribution in [3.63, 3.8) is 0 Å². The van der Waals surface area contributed by atoms with Gasteiger partial charge in [0.15, 0.2) is 0 Å². The molecular formula is C21H25N3O3. The summed E-state index contributed by atoms with van der Waals surface area (Å²) >= 11 is 0. The number of hydrogen-bond acceptors (Lipinski definition) is 3. The number of nitrogens with zero attached hydrogens (tertiary/aromatic N) is 2. The monoisotopic (exact) mass is 367 g/mol. The van der Waals surface area contributed by atoms with Crippen LogP contribution in [0.2, 0.25) is 0 Å². The van der Waals surface area contributed by atoms with E-state index >= 15 is 0 Å². The highest BCUT2D eigenvalue weighted by Crippen LogP contribution is 2.24. The minimum Gasteiger partial charge on any atom is -0.342 e. The predicted molar refractivity (Wildman–Crippen MR) is 104 cm³/mol. The summed E-state index contributed by atoms with van der Waals surface area (Å²) in [6, 6.07) is 7.06. The van der Waals surface area contributed by atoms with E-state index in [2.05, 4.69) is 4.98 Å². The number of aryl methyl sites for hydroxylation is 1. The van der Waals surface area contributed by atoms with Crippen LogP contribution in [0.15, 0.2) is 29.1 Å². The van der Waals surface area contributed by atoms with Gasteiger partial charge in [0.2, 0.25) is 11.5 Å². The Kier molecular flexibility index (Phi) is 4.72. The number of aromatic amines is 1. The van der Waals surface area contributed by atoms with Gasteiger partial charge in [0.05, 0.1) is 11.5 Å². The highest BCUT2D eigenvalue weighted by atomic mass is 16.2. The van der Waals surface area contributed by atoms with Crippen LogP contribution in [-0.2, 0) is 4.79 Å². The lowest BCUT2D eigenvalue weighted by atomic mass is 9.95. The van der Waals surface area contributed by atoms with Crippen molar-refractivity contribution in [2.45, 2.75) is 32.6 Å². The Hall–Kier alpha value is -2.63.